The summed E-state index contributed by atoms with van der Waals surface area (Å²) in [6, 6.07) is 11.0. The maximum atomic E-state index is 12.0. The first-order chi connectivity index (χ1) is 11.0. The number of carbonyl (C=O) groups excluding carboxylic acids is 1. The Morgan fingerprint density at radius 3 is 2.65 bits per heavy atom. The Morgan fingerprint density at radius 2 is 1.96 bits per heavy atom. The second-order valence-electron chi connectivity index (χ2n) is 5.41. The van der Waals surface area contributed by atoms with Crippen molar-refractivity contribution >= 4 is 27.8 Å². The average Bonchev–Trinajstić information content (AvgIpc) is 2.47. The Labute approximate surface area is 144 Å². The molecule has 0 saturated carbocycles. The van der Waals surface area contributed by atoms with Crippen molar-refractivity contribution in [2.24, 2.45) is 0 Å². The molecule has 0 saturated heterocycles. The fourth-order valence-corrected chi connectivity index (χ4v) is 2.43. The Bertz CT molecular complexity index is 676. The molecule has 2 rings (SSSR count). The van der Waals surface area contributed by atoms with Crippen molar-refractivity contribution in [2.45, 2.75) is 32.9 Å². The molecule has 0 spiro atoms. The molecule has 0 aliphatic rings. The van der Waals surface area contributed by atoms with Crippen molar-refractivity contribution in [2.75, 3.05) is 5.32 Å². The highest BCUT2D eigenvalue weighted by Crippen LogP contribution is 2.26. The van der Waals surface area contributed by atoms with Gasteiger partial charge in [0.05, 0.1) is 0 Å². The highest BCUT2D eigenvalue weighted by Gasteiger charge is 2.13. The summed E-state index contributed by atoms with van der Waals surface area (Å²) in [5, 5.41) is 5.40. The van der Waals surface area contributed by atoms with Crippen molar-refractivity contribution in [1.82, 2.24) is 10.3 Å². The quantitative estimate of drug-likeness (QED) is 0.753. The number of amides is 2. The second kappa shape index (κ2) is 7.97. The molecule has 0 fully saturated rings. The van der Waals surface area contributed by atoms with Crippen molar-refractivity contribution in [1.29, 1.82) is 0 Å². The zero-order valence-electron chi connectivity index (χ0n) is 13.3. The summed E-state index contributed by atoms with van der Waals surface area (Å²) in [5.41, 5.74) is 1.11. The van der Waals surface area contributed by atoms with Gasteiger partial charge in [0.15, 0.2) is 6.23 Å². The minimum absolute atomic E-state index is 0.345. The van der Waals surface area contributed by atoms with Crippen LogP contribution in [0.5, 0.6) is 5.75 Å². The Hall–Kier alpha value is -2.08. The van der Waals surface area contributed by atoms with Gasteiger partial charge in [-0.1, -0.05) is 48.0 Å². The van der Waals surface area contributed by atoms with Crippen LogP contribution in [-0.2, 0) is 0 Å². The molecule has 2 N–H and O–H groups in total. The van der Waals surface area contributed by atoms with Gasteiger partial charge in [0, 0.05) is 10.7 Å². The van der Waals surface area contributed by atoms with Gasteiger partial charge in [-0.25, -0.2) is 9.78 Å². The Morgan fingerprint density at radius 1 is 1.22 bits per heavy atom. The van der Waals surface area contributed by atoms with Crippen LogP contribution in [0.1, 0.15) is 32.3 Å². The van der Waals surface area contributed by atoms with Gasteiger partial charge in [-0.05, 0) is 36.6 Å². The van der Waals surface area contributed by atoms with E-state index in [0.29, 0.717) is 11.7 Å². The summed E-state index contributed by atoms with van der Waals surface area (Å²) in [6.45, 7) is 5.99. The number of urea groups is 1. The number of benzene rings is 1. The first kappa shape index (κ1) is 17.3. The molecule has 122 valence electrons. The number of nitrogens with zero attached hydrogens (tertiary/aromatic N) is 1. The van der Waals surface area contributed by atoms with E-state index >= 15 is 0 Å². The summed E-state index contributed by atoms with van der Waals surface area (Å²) in [5.74, 6) is 1.58. The van der Waals surface area contributed by atoms with Crippen LogP contribution < -0.4 is 15.4 Å². The standard InChI is InChI=1S/C17H20BrN3O2/c1-11(2)14-6-4-5-7-15(14)23-12(3)20-17(22)21-16-10-13(18)8-9-19-16/h4-12H,1-3H3,(H2,19,20,21,22). The van der Waals surface area contributed by atoms with E-state index in [9.17, 15) is 4.79 Å². The number of ether oxygens (including phenoxy) is 1. The minimum atomic E-state index is -0.470. The van der Waals surface area contributed by atoms with E-state index in [1.807, 2.05) is 24.3 Å². The van der Waals surface area contributed by atoms with Gasteiger partial charge in [0.1, 0.15) is 11.6 Å². The molecule has 1 aromatic heterocycles. The van der Waals surface area contributed by atoms with E-state index in [1.165, 1.54) is 0 Å². The Kier molecular flexibility index (Phi) is 5.98. The Balaban J connectivity index is 1.94. The van der Waals surface area contributed by atoms with E-state index in [2.05, 4.69) is 45.4 Å². The fraction of sp³-hybridized carbons (Fsp3) is 0.294. The first-order valence-corrected chi connectivity index (χ1v) is 8.19. The smallest absolute Gasteiger partial charge is 0.323 e. The third-order valence-corrected chi connectivity index (χ3v) is 3.64. The van der Waals surface area contributed by atoms with Crippen LogP contribution in [0.25, 0.3) is 0 Å². The molecule has 1 unspecified atom stereocenters. The van der Waals surface area contributed by atoms with E-state index < -0.39 is 6.23 Å². The van der Waals surface area contributed by atoms with Crippen LogP contribution in [-0.4, -0.2) is 17.2 Å². The van der Waals surface area contributed by atoms with Crippen LogP contribution in [0.15, 0.2) is 47.1 Å². The maximum Gasteiger partial charge on any atom is 0.323 e. The lowest BCUT2D eigenvalue weighted by Gasteiger charge is -2.20. The summed E-state index contributed by atoms with van der Waals surface area (Å²) in [6.07, 6.45) is 1.14. The van der Waals surface area contributed by atoms with Crippen LogP contribution in [0.3, 0.4) is 0 Å². The van der Waals surface area contributed by atoms with Crippen LogP contribution in [0.2, 0.25) is 0 Å². The number of aromatic nitrogens is 1. The van der Waals surface area contributed by atoms with E-state index in [-0.39, 0.29) is 6.03 Å². The van der Waals surface area contributed by atoms with Crippen molar-refractivity contribution in [3.8, 4) is 5.75 Å². The van der Waals surface area contributed by atoms with E-state index in [0.717, 1.165) is 15.8 Å². The maximum absolute atomic E-state index is 12.0. The lowest BCUT2D eigenvalue weighted by atomic mass is 10.0. The van der Waals surface area contributed by atoms with E-state index in [1.54, 1.807) is 25.3 Å². The number of pyridine rings is 1. The number of hydrogen-bond acceptors (Lipinski definition) is 3. The lowest BCUT2D eigenvalue weighted by Crippen LogP contribution is -2.39. The van der Waals surface area contributed by atoms with Gasteiger partial charge < -0.3 is 10.1 Å². The van der Waals surface area contributed by atoms with Gasteiger partial charge in [-0.15, -0.1) is 0 Å². The van der Waals surface area contributed by atoms with E-state index in [4.69, 9.17) is 4.74 Å². The molecule has 2 amide bonds. The monoisotopic (exact) mass is 377 g/mol. The molecular weight excluding hydrogens is 358 g/mol. The number of carbonyl (C=O) groups is 1. The molecule has 1 aromatic carbocycles. The molecule has 23 heavy (non-hydrogen) atoms. The molecule has 5 nitrogen and oxygen atoms in total. The molecule has 2 aromatic rings. The molecule has 0 bridgehead atoms. The predicted molar refractivity (Wildman–Crippen MR) is 94.7 cm³/mol. The fourth-order valence-electron chi connectivity index (χ4n) is 2.09. The van der Waals surface area contributed by atoms with Crippen LogP contribution in [0.4, 0.5) is 10.6 Å². The van der Waals surface area contributed by atoms with Crippen molar-refractivity contribution in [3.63, 3.8) is 0 Å². The topological polar surface area (TPSA) is 63.2 Å². The summed E-state index contributed by atoms with van der Waals surface area (Å²) in [7, 11) is 0. The van der Waals surface area contributed by atoms with Crippen molar-refractivity contribution in [3.05, 3.63) is 52.6 Å². The summed E-state index contributed by atoms with van der Waals surface area (Å²) in [4.78, 5) is 16.1. The number of nitrogens with one attached hydrogen (secondary N) is 2. The third-order valence-electron chi connectivity index (χ3n) is 3.14. The zero-order chi connectivity index (χ0) is 16.8. The number of hydrogen-bond donors (Lipinski definition) is 2. The molecule has 0 aliphatic heterocycles. The molecule has 1 atom stereocenters. The number of anilines is 1. The number of halogens is 1. The highest BCUT2D eigenvalue weighted by molar-refractivity contribution is 9.10. The molecular formula is C17H20BrN3O2. The van der Waals surface area contributed by atoms with Gasteiger partial charge in [-0.3, -0.25) is 5.32 Å². The first-order valence-electron chi connectivity index (χ1n) is 7.40. The normalized spacial score (nSPS) is 11.9. The van der Waals surface area contributed by atoms with Gasteiger partial charge >= 0.3 is 6.03 Å². The number of rotatable bonds is 5. The predicted octanol–water partition coefficient (Wildman–Crippen LogP) is 4.51. The molecule has 1 heterocycles. The second-order valence-corrected chi connectivity index (χ2v) is 6.33. The molecule has 0 radical (unpaired) electrons. The minimum Gasteiger partial charge on any atom is -0.471 e. The summed E-state index contributed by atoms with van der Waals surface area (Å²) >= 11 is 3.33. The summed E-state index contributed by atoms with van der Waals surface area (Å²) < 4.78 is 6.68. The van der Waals surface area contributed by atoms with Crippen LogP contribution in [0, 0.1) is 0 Å². The SMILES string of the molecule is CC(NC(=O)Nc1cc(Br)ccn1)Oc1ccccc1C(C)C. The van der Waals surface area contributed by atoms with Crippen molar-refractivity contribution < 1.29 is 9.53 Å². The molecule has 6 heteroatoms. The average molecular weight is 378 g/mol. The highest BCUT2D eigenvalue weighted by atomic mass is 79.9. The third kappa shape index (κ3) is 5.25. The largest absolute Gasteiger partial charge is 0.471 e. The zero-order valence-corrected chi connectivity index (χ0v) is 14.9. The molecule has 0 aliphatic carbocycles. The van der Waals surface area contributed by atoms with Gasteiger partial charge in [-0.2, -0.15) is 0 Å². The lowest BCUT2D eigenvalue weighted by molar-refractivity contribution is 0.181. The number of para-hydroxylation sites is 1. The van der Waals surface area contributed by atoms with Gasteiger partial charge in [0.2, 0.25) is 0 Å². The van der Waals surface area contributed by atoms with Gasteiger partial charge in [0.25, 0.3) is 0 Å². The van der Waals surface area contributed by atoms with Crippen LogP contribution >= 0.6 is 15.9 Å².